The van der Waals surface area contributed by atoms with Gasteiger partial charge in [0.25, 0.3) is 5.91 Å². The summed E-state index contributed by atoms with van der Waals surface area (Å²) in [7, 11) is 5.60. The number of alkyl halides is 1. The van der Waals surface area contributed by atoms with Gasteiger partial charge in [-0.2, -0.15) is 0 Å². The molecule has 1 amide bonds. The molecule has 186 valence electrons. The third-order valence-electron chi connectivity index (χ3n) is 7.30. The van der Waals surface area contributed by atoms with Gasteiger partial charge in [0.2, 0.25) is 0 Å². The van der Waals surface area contributed by atoms with Crippen molar-refractivity contribution in [3.8, 4) is 0 Å². The average Bonchev–Trinajstić information content (AvgIpc) is 3.52. The van der Waals surface area contributed by atoms with Crippen LogP contribution in [0.1, 0.15) is 46.8 Å². The lowest BCUT2D eigenvalue weighted by atomic mass is 9.94. The van der Waals surface area contributed by atoms with Gasteiger partial charge in [-0.3, -0.25) is 9.69 Å². The minimum atomic E-state index is -0.346. The highest BCUT2D eigenvalue weighted by Gasteiger charge is 2.28. The van der Waals surface area contributed by atoms with E-state index < -0.39 is 0 Å². The number of carbonyl (C=O) groups is 1. The first-order chi connectivity index (χ1) is 16.9. The number of anilines is 3. The zero-order valence-corrected chi connectivity index (χ0v) is 21.4. The van der Waals surface area contributed by atoms with Crippen molar-refractivity contribution in [2.45, 2.75) is 37.6 Å². The second-order valence-electron chi connectivity index (χ2n) is 9.85. The summed E-state index contributed by atoms with van der Waals surface area (Å²) in [5.74, 6) is 1.92. The van der Waals surface area contributed by atoms with E-state index in [1.807, 2.05) is 45.7 Å². The minimum absolute atomic E-state index is 0.0683. The predicted octanol–water partition coefficient (Wildman–Crippen LogP) is 4.88. The van der Waals surface area contributed by atoms with E-state index in [1.54, 1.807) is 16.2 Å². The minimum Gasteiger partial charge on any atom is -0.367 e. The lowest BCUT2D eigenvalue weighted by Gasteiger charge is -2.39. The Balaban J connectivity index is 1.39. The van der Waals surface area contributed by atoms with E-state index in [-0.39, 0.29) is 18.6 Å². The Morgan fingerprint density at radius 2 is 1.94 bits per heavy atom. The molecule has 1 aliphatic heterocycles. The molecular weight excluding hydrogens is 463 g/mol. The van der Waals surface area contributed by atoms with Gasteiger partial charge in [0, 0.05) is 45.3 Å². The molecule has 0 unspecified atom stereocenters. The quantitative estimate of drug-likeness (QED) is 0.525. The van der Waals surface area contributed by atoms with E-state index in [2.05, 4.69) is 31.2 Å². The topological polar surface area (TPSA) is 64.6 Å². The van der Waals surface area contributed by atoms with Crippen LogP contribution in [-0.2, 0) is 0 Å². The van der Waals surface area contributed by atoms with E-state index in [9.17, 15) is 9.18 Å². The number of rotatable bonds is 6. The van der Waals surface area contributed by atoms with Crippen molar-refractivity contribution in [2.75, 3.05) is 57.7 Å². The van der Waals surface area contributed by atoms with Crippen molar-refractivity contribution in [1.82, 2.24) is 19.8 Å². The normalized spacial score (nSPS) is 19.4. The van der Waals surface area contributed by atoms with Gasteiger partial charge in [-0.15, -0.1) is 11.3 Å². The van der Waals surface area contributed by atoms with Crippen LogP contribution >= 0.6 is 11.3 Å². The summed E-state index contributed by atoms with van der Waals surface area (Å²) in [6, 6.07) is 5.95. The molecule has 9 heteroatoms. The molecule has 3 aromatic heterocycles. The summed E-state index contributed by atoms with van der Waals surface area (Å²) in [5, 5.41) is 4.45. The smallest absolute Gasteiger partial charge is 0.263 e. The van der Waals surface area contributed by atoms with Gasteiger partial charge < -0.3 is 15.1 Å². The van der Waals surface area contributed by atoms with Crippen LogP contribution in [0.5, 0.6) is 0 Å². The Morgan fingerprint density at radius 3 is 2.63 bits per heavy atom. The van der Waals surface area contributed by atoms with Gasteiger partial charge >= 0.3 is 0 Å². The first kappa shape index (κ1) is 23.9. The van der Waals surface area contributed by atoms with Crippen LogP contribution in [0, 0.1) is 0 Å². The molecule has 1 saturated heterocycles. The molecule has 1 N–H and O–H groups in total. The van der Waals surface area contributed by atoms with Crippen molar-refractivity contribution < 1.29 is 9.18 Å². The Morgan fingerprint density at radius 1 is 1.17 bits per heavy atom. The average molecular weight is 497 g/mol. The number of hydrogen-bond donors (Lipinski definition) is 1. The van der Waals surface area contributed by atoms with E-state index in [1.165, 1.54) is 18.4 Å². The third kappa shape index (κ3) is 4.84. The largest absolute Gasteiger partial charge is 0.367 e. The number of likely N-dealkylation sites (N-methyl/N-ethyl adjacent to an activating group) is 1. The standard InChI is InChI=1S/C26H33FN6OS/c1-31(2)26(34)25-24(17-6-4-5-7-17)20-12-23(29-15-21(20)35-25)30-22-9-8-18(14-28-22)33-11-10-32(3)19(13-27)16-33/h8-9,12,14-15,17,19H,4-7,10-11,13,16H2,1-3H3,(H,28,29,30)/t19-/m0/s1. The number of thiophene rings is 1. The van der Waals surface area contributed by atoms with Crippen LogP contribution in [0.3, 0.4) is 0 Å². The Bertz CT molecular complexity index is 1190. The van der Waals surface area contributed by atoms with Crippen LogP contribution in [0.25, 0.3) is 10.1 Å². The van der Waals surface area contributed by atoms with Crippen molar-refractivity contribution in [1.29, 1.82) is 0 Å². The molecule has 0 bridgehead atoms. The number of halogens is 1. The number of nitrogens with one attached hydrogen (secondary N) is 1. The molecule has 0 radical (unpaired) electrons. The van der Waals surface area contributed by atoms with Gasteiger partial charge in [0.05, 0.1) is 27.5 Å². The van der Waals surface area contributed by atoms with Gasteiger partial charge in [-0.05, 0) is 49.6 Å². The van der Waals surface area contributed by atoms with Crippen LogP contribution in [0.15, 0.2) is 30.6 Å². The first-order valence-electron chi connectivity index (χ1n) is 12.3. The molecule has 1 atom stereocenters. The maximum absolute atomic E-state index is 13.3. The highest BCUT2D eigenvalue weighted by Crippen LogP contribution is 2.44. The molecule has 4 heterocycles. The Labute approximate surface area is 210 Å². The first-order valence-corrected chi connectivity index (χ1v) is 13.1. The van der Waals surface area contributed by atoms with Crippen molar-refractivity contribution in [3.05, 3.63) is 41.0 Å². The second kappa shape index (κ2) is 10.1. The van der Waals surface area contributed by atoms with E-state index in [4.69, 9.17) is 0 Å². The van der Waals surface area contributed by atoms with Gasteiger partial charge in [0.1, 0.15) is 18.3 Å². The molecule has 1 saturated carbocycles. The Hall–Kier alpha value is -2.78. The molecule has 35 heavy (non-hydrogen) atoms. The number of carbonyl (C=O) groups excluding carboxylic acids is 1. The Kier molecular flexibility index (Phi) is 6.88. The van der Waals surface area contributed by atoms with Crippen molar-refractivity contribution >= 4 is 44.7 Å². The number of fused-ring (bicyclic) bond motifs is 1. The van der Waals surface area contributed by atoms with Crippen molar-refractivity contribution in [2.24, 2.45) is 0 Å². The zero-order valence-electron chi connectivity index (χ0n) is 20.6. The molecule has 2 fully saturated rings. The van der Waals surface area contributed by atoms with E-state index in [0.29, 0.717) is 18.3 Å². The molecule has 2 aliphatic rings. The van der Waals surface area contributed by atoms with E-state index >= 15 is 0 Å². The molecule has 0 aromatic carbocycles. The van der Waals surface area contributed by atoms with Crippen LogP contribution < -0.4 is 10.2 Å². The fourth-order valence-corrected chi connectivity index (χ4v) is 6.46. The number of aromatic nitrogens is 2. The van der Waals surface area contributed by atoms with Gasteiger partial charge in [0.15, 0.2) is 0 Å². The monoisotopic (exact) mass is 496 g/mol. The highest BCUT2D eigenvalue weighted by atomic mass is 32.1. The highest BCUT2D eigenvalue weighted by molar-refractivity contribution is 7.21. The summed E-state index contributed by atoms with van der Waals surface area (Å²) in [4.78, 5) is 28.9. The summed E-state index contributed by atoms with van der Waals surface area (Å²) in [6.07, 6.45) is 8.38. The lowest BCUT2D eigenvalue weighted by molar-refractivity contribution is 0.0831. The number of amides is 1. The molecular formula is C26H33FN6OS. The molecule has 5 rings (SSSR count). The zero-order chi connectivity index (χ0) is 24.5. The molecule has 1 aliphatic carbocycles. The van der Waals surface area contributed by atoms with E-state index in [0.717, 1.165) is 52.4 Å². The summed E-state index contributed by atoms with van der Waals surface area (Å²) in [5.41, 5.74) is 2.19. The van der Waals surface area contributed by atoms with Gasteiger partial charge in [-0.1, -0.05) is 12.8 Å². The second-order valence-corrected chi connectivity index (χ2v) is 10.9. The number of piperazine rings is 1. The number of pyridine rings is 2. The number of nitrogens with zero attached hydrogens (tertiary/aromatic N) is 5. The van der Waals surface area contributed by atoms with Crippen molar-refractivity contribution in [3.63, 3.8) is 0 Å². The summed E-state index contributed by atoms with van der Waals surface area (Å²) < 4.78 is 14.4. The third-order valence-corrected chi connectivity index (χ3v) is 8.45. The summed E-state index contributed by atoms with van der Waals surface area (Å²) in [6.45, 7) is 2.01. The summed E-state index contributed by atoms with van der Waals surface area (Å²) >= 11 is 1.55. The fraction of sp³-hybridized carbons (Fsp3) is 0.500. The maximum atomic E-state index is 13.3. The van der Waals surface area contributed by atoms with Crippen LogP contribution in [-0.4, -0.2) is 79.2 Å². The van der Waals surface area contributed by atoms with Crippen LogP contribution in [0.4, 0.5) is 21.7 Å². The van der Waals surface area contributed by atoms with Gasteiger partial charge in [-0.25, -0.2) is 14.4 Å². The lowest BCUT2D eigenvalue weighted by Crippen LogP contribution is -2.52. The molecule has 3 aromatic rings. The van der Waals surface area contributed by atoms with Crippen LogP contribution in [0.2, 0.25) is 0 Å². The SMILES string of the molecule is CN(C)C(=O)c1sc2cnc(Nc3ccc(N4CCN(C)[C@@H](CF)C4)cn3)cc2c1C1CCCC1. The predicted molar refractivity (Wildman–Crippen MR) is 141 cm³/mol. The molecule has 7 nitrogen and oxygen atoms in total. The maximum Gasteiger partial charge on any atom is 0.263 e. The number of hydrogen-bond acceptors (Lipinski definition) is 7. The fourth-order valence-electron chi connectivity index (χ4n) is 5.20. The molecule has 0 spiro atoms.